The molecule has 2 N–H and O–H groups in total. The third-order valence-corrected chi connectivity index (χ3v) is 5.00. The lowest BCUT2D eigenvalue weighted by Crippen LogP contribution is -2.41. The molecule has 1 unspecified atom stereocenters. The highest BCUT2D eigenvalue weighted by Crippen LogP contribution is 2.35. The number of H-pyrrole nitrogens is 1. The number of nitrogens with one attached hydrogen (secondary N) is 1. The van der Waals surface area contributed by atoms with E-state index in [1.54, 1.807) is 0 Å². The highest BCUT2D eigenvalue weighted by atomic mass is 16.4. The van der Waals surface area contributed by atoms with Gasteiger partial charge in [-0.05, 0) is 43.9 Å². The Hall–Kier alpha value is -2.82. The molecule has 1 aromatic heterocycles. The number of anilines is 1. The normalized spacial score (nSPS) is 16.8. The number of carboxylic acid groups (broad SMARTS) is 1. The zero-order chi connectivity index (χ0) is 17.4. The number of aryl methyl sites for hydroxylation is 3. The first-order chi connectivity index (χ1) is 12.1. The number of nitrogens with zero attached hydrogens (tertiary/aromatic N) is 2. The van der Waals surface area contributed by atoms with E-state index in [0.29, 0.717) is 0 Å². The second-order valence-corrected chi connectivity index (χ2v) is 6.67. The molecule has 2 heterocycles. The molecule has 1 aliphatic heterocycles. The monoisotopic (exact) mass is 335 g/mol. The van der Waals surface area contributed by atoms with Gasteiger partial charge in [0.15, 0.2) is 0 Å². The first-order valence-electron chi connectivity index (χ1n) is 8.70. The summed E-state index contributed by atoms with van der Waals surface area (Å²) in [5.41, 5.74) is 5.01. The highest BCUT2D eigenvalue weighted by molar-refractivity contribution is 5.94. The van der Waals surface area contributed by atoms with Crippen molar-refractivity contribution in [3.05, 3.63) is 59.4 Å². The van der Waals surface area contributed by atoms with Gasteiger partial charge in [0.1, 0.15) is 5.82 Å². The summed E-state index contributed by atoms with van der Waals surface area (Å²) in [5, 5.41) is 9.54. The van der Waals surface area contributed by atoms with Crippen molar-refractivity contribution in [2.45, 2.75) is 38.6 Å². The van der Waals surface area contributed by atoms with Gasteiger partial charge in [-0.1, -0.05) is 30.3 Å². The van der Waals surface area contributed by atoms with Gasteiger partial charge in [-0.25, -0.2) is 9.78 Å². The van der Waals surface area contributed by atoms with Crippen LogP contribution < -0.4 is 4.90 Å². The second-order valence-electron chi connectivity index (χ2n) is 6.67. The van der Waals surface area contributed by atoms with Crippen LogP contribution in [-0.4, -0.2) is 27.2 Å². The Balaban J connectivity index is 1.66. The van der Waals surface area contributed by atoms with Crippen LogP contribution in [0.5, 0.6) is 0 Å². The van der Waals surface area contributed by atoms with Crippen LogP contribution in [0.25, 0.3) is 11.0 Å². The standard InChI is InChI=1S/C20H21N3O2/c1-13-7-9-15-17(23(13)20(24)25)11-10-16-19(15)22-18(21-16)12-8-14-5-3-2-4-6-14/h2-6,10-11,13H,7-9,12H2,1H3,(H,21,22)(H,24,25). The number of hydrogen-bond acceptors (Lipinski definition) is 2. The maximum absolute atomic E-state index is 11.6. The number of aromatic amines is 1. The molecule has 1 aliphatic rings. The number of benzene rings is 2. The summed E-state index contributed by atoms with van der Waals surface area (Å²) in [6.45, 7) is 1.96. The van der Waals surface area contributed by atoms with E-state index in [4.69, 9.17) is 4.98 Å². The molecule has 0 bridgehead atoms. The number of carbonyl (C=O) groups is 1. The van der Waals surface area contributed by atoms with Gasteiger partial charge in [0.2, 0.25) is 0 Å². The van der Waals surface area contributed by atoms with E-state index in [1.807, 2.05) is 37.3 Å². The van der Waals surface area contributed by atoms with Crippen LogP contribution >= 0.6 is 0 Å². The van der Waals surface area contributed by atoms with E-state index in [2.05, 4.69) is 17.1 Å². The first-order valence-corrected chi connectivity index (χ1v) is 8.70. The Morgan fingerprint density at radius 1 is 1.24 bits per heavy atom. The van der Waals surface area contributed by atoms with Crippen molar-refractivity contribution in [1.82, 2.24) is 9.97 Å². The Morgan fingerprint density at radius 2 is 2.04 bits per heavy atom. The molecule has 1 atom stereocenters. The molecule has 0 spiro atoms. The summed E-state index contributed by atoms with van der Waals surface area (Å²) in [6.07, 6.45) is 2.56. The summed E-state index contributed by atoms with van der Waals surface area (Å²) >= 11 is 0. The van der Waals surface area contributed by atoms with Gasteiger partial charge >= 0.3 is 6.09 Å². The van der Waals surface area contributed by atoms with Gasteiger partial charge in [0, 0.05) is 18.0 Å². The second kappa shape index (κ2) is 6.24. The van der Waals surface area contributed by atoms with Gasteiger partial charge in [-0.15, -0.1) is 0 Å². The van der Waals surface area contributed by atoms with Crippen molar-refractivity contribution in [3.8, 4) is 0 Å². The number of rotatable bonds is 3. The van der Waals surface area contributed by atoms with E-state index in [0.717, 1.165) is 53.8 Å². The van der Waals surface area contributed by atoms with Crippen molar-refractivity contribution in [3.63, 3.8) is 0 Å². The van der Waals surface area contributed by atoms with Crippen molar-refractivity contribution in [1.29, 1.82) is 0 Å². The van der Waals surface area contributed by atoms with Crippen LogP contribution in [0.2, 0.25) is 0 Å². The third kappa shape index (κ3) is 2.86. The molecular formula is C20H21N3O2. The minimum Gasteiger partial charge on any atom is -0.465 e. The molecule has 128 valence electrons. The molecule has 0 saturated heterocycles. The fourth-order valence-corrected chi connectivity index (χ4v) is 3.68. The molecule has 3 aromatic rings. The number of aromatic nitrogens is 2. The van der Waals surface area contributed by atoms with E-state index in [1.165, 1.54) is 10.5 Å². The molecule has 5 nitrogen and oxygen atoms in total. The average Bonchev–Trinajstić information content (AvgIpc) is 3.03. The number of hydrogen-bond donors (Lipinski definition) is 2. The zero-order valence-electron chi connectivity index (χ0n) is 14.2. The lowest BCUT2D eigenvalue weighted by atomic mass is 9.96. The first kappa shape index (κ1) is 15.7. The predicted octanol–water partition coefficient (Wildman–Crippen LogP) is 4.17. The Labute approximate surface area is 146 Å². The molecule has 5 heteroatoms. The molecule has 4 rings (SSSR count). The van der Waals surface area contributed by atoms with Crippen molar-refractivity contribution in [2.75, 3.05) is 4.90 Å². The van der Waals surface area contributed by atoms with Crippen LogP contribution in [0, 0.1) is 0 Å². The summed E-state index contributed by atoms with van der Waals surface area (Å²) in [5.74, 6) is 0.952. The maximum Gasteiger partial charge on any atom is 0.412 e. The zero-order valence-corrected chi connectivity index (χ0v) is 14.2. The summed E-state index contributed by atoms with van der Waals surface area (Å²) in [7, 11) is 0. The van der Waals surface area contributed by atoms with Gasteiger partial charge in [0.25, 0.3) is 0 Å². The Bertz CT molecular complexity index is 917. The van der Waals surface area contributed by atoms with Gasteiger partial charge < -0.3 is 10.1 Å². The summed E-state index contributed by atoms with van der Waals surface area (Å²) in [6, 6.07) is 14.2. The molecule has 1 amide bonds. The number of imidazole rings is 1. The van der Waals surface area contributed by atoms with Gasteiger partial charge in [-0.2, -0.15) is 0 Å². The Morgan fingerprint density at radius 3 is 2.80 bits per heavy atom. The Kier molecular flexibility index (Phi) is 3.92. The molecular weight excluding hydrogens is 314 g/mol. The number of amides is 1. The van der Waals surface area contributed by atoms with E-state index < -0.39 is 6.09 Å². The fourth-order valence-electron chi connectivity index (χ4n) is 3.68. The lowest BCUT2D eigenvalue weighted by molar-refractivity contribution is 0.198. The van der Waals surface area contributed by atoms with E-state index >= 15 is 0 Å². The highest BCUT2D eigenvalue weighted by Gasteiger charge is 2.29. The average molecular weight is 335 g/mol. The minimum atomic E-state index is -0.896. The third-order valence-electron chi connectivity index (χ3n) is 5.00. The smallest absolute Gasteiger partial charge is 0.412 e. The minimum absolute atomic E-state index is 0.000979. The van der Waals surface area contributed by atoms with Crippen molar-refractivity contribution in [2.24, 2.45) is 0 Å². The van der Waals surface area contributed by atoms with Gasteiger partial charge in [-0.3, -0.25) is 4.90 Å². The maximum atomic E-state index is 11.6. The van der Waals surface area contributed by atoms with Crippen LogP contribution in [0.1, 0.15) is 30.3 Å². The van der Waals surface area contributed by atoms with Crippen LogP contribution in [0.15, 0.2) is 42.5 Å². The summed E-state index contributed by atoms with van der Waals surface area (Å²) in [4.78, 5) is 21.3. The molecule has 0 radical (unpaired) electrons. The molecule has 2 aromatic carbocycles. The quantitative estimate of drug-likeness (QED) is 0.755. The SMILES string of the molecule is CC1CCc2c(ccc3[nH]c(CCc4ccccc4)nc23)N1C(=O)O. The fraction of sp³-hybridized carbons (Fsp3) is 0.300. The van der Waals surface area contributed by atoms with Gasteiger partial charge in [0.05, 0.1) is 16.7 Å². The molecule has 0 aliphatic carbocycles. The van der Waals surface area contributed by atoms with E-state index in [9.17, 15) is 9.90 Å². The van der Waals surface area contributed by atoms with E-state index in [-0.39, 0.29) is 6.04 Å². The molecule has 0 fully saturated rings. The van der Waals surface area contributed by atoms with Crippen molar-refractivity contribution < 1.29 is 9.90 Å². The topological polar surface area (TPSA) is 69.2 Å². The van der Waals surface area contributed by atoms with Crippen LogP contribution in [0.3, 0.4) is 0 Å². The van der Waals surface area contributed by atoms with Crippen LogP contribution in [0.4, 0.5) is 10.5 Å². The largest absolute Gasteiger partial charge is 0.465 e. The molecule has 0 saturated carbocycles. The predicted molar refractivity (Wildman–Crippen MR) is 98.2 cm³/mol. The number of fused-ring (bicyclic) bond motifs is 3. The summed E-state index contributed by atoms with van der Waals surface area (Å²) < 4.78 is 0. The van der Waals surface area contributed by atoms with Crippen molar-refractivity contribution >= 4 is 22.8 Å². The lowest BCUT2D eigenvalue weighted by Gasteiger charge is -2.33. The molecule has 25 heavy (non-hydrogen) atoms. The van der Waals surface area contributed by atoms with Crippen LogP contribution in [-0.2, 0) is 19.3 Å².